The first-order valence-corrected chi connectivity index (χ1v) is 8.06. The Hall–Kier alpha value is -1.26. The van der Waals surface area contributed by atoms with E-state index in [1.807, 2.05) is 55.5 Å². The monoisotopic (exact) mass is 410 g/mol. The van der Waals surface area contributed by atoms with E-state index in [0.717, 1.165) is 31.6 Å². The molecule has 2 aromatic carbocycles. The van der Waals surface area contributed by atoms with Crippen LogP contribution in [0.2, 0.25) is 0 Å². The number of hydrogen-bond donors (Lipinski definition) is 0. The lowest BCUT2D eigenvalue weighted by Gasteiger charge is -2.09. The maximum atomic E-state index is 5.83. The van der Waals surface area contributed by atoms with Gasteiger partial charge in [-0.05, 0) is 48.4 Å². The first kappa shape index (κ1) is 16.1. The fraction of sp³-hybridized carbons (Fsp3) is 0.176. The van der Waals surface area contributed by atoms with E-state index in [2.05, 4.69) is 31.9 Å². The van der Waals surface area contributed by atoms with Crippen LogP contribution in [0.1, 0.15) is 11.1 Å². The van der Waals surface area contributed by atoms with Gasteiger partial charge in [0.25, 0.3) is 0 Å². The second-order valence-corrected chi connectivity index (χ2v) is 6.50. The third kappa shape index (κ3) is 4.90. The van der Waals surface area contributed by atoms with Crippen molar-refractivity contribution in [2.45, 2.75) is 6.92 Å². The Labute approximate surface area is 142 Å². The lowest BCUT2D eigenvalue weighted by Crippen LogP contribution is -1.98. The first-order chi connectivity index (χ1) is 10.1. The van der Waals surface area contributed by atoms with Crippen LogP contribution in [0.3, 0.4) is 0 Å². The van der Waals surface area contributed by atoms with Gasteiger partial charge in [0.2, 0.25) is 0 Å². The fourth-order valence-electron chi connectivity index (χ4n) is 1.80. The molecule has 0 saturated carbocycles. The minimum Gasteiger partial charge on any atom is -0.497 e. The zero-order chi connectivity index (χ0) is 15.2. The van der Waals surface area contributed by atoms with E-state index in [-0.39, 0.29) is 0 Å². The summed E-state index contributed by atoms with van der Waals surface area (Å²) in [6, 6.07) is 13.9. The molecule has 0 saturated heterocycles. The largest absolute Gasteiger partial charge is 0.497 e. The number of halogens is 2. The Kier molecular flexibility index (Phi) is 5.88. The zero-order valence-corrected chi connectivity index (χ0v) is 15.1. The predicted octanol–water partition coefficient (Wildman–Crippen LogP) is 5.58. The number of methoxy groups -OCH3 is 1. The molecule has 2 nitrogen and oxygen atoms in total. The van der Waals surface area contributed by atoms with E-state index in [9.17, 15) is 0 Å². The van der Waals surface area contributed by atoms with Crippen LogP contribution >= 0.6 is 31.9 Å². The summed E-state index contributed by atoms with van der Waals surface area (Å²) in [4.78, 5) is 0. The van der Waals surface area contributed by atoms with Crippen LogP contribution in [0.15, 0.2) is 51.4 Å². The number of ether oxygens (including phenoxy) is 2. The summed E-state index contributed by atoms with van der Waals surface area (Å²) >= 11 is 7.00. The quantitative estimate of drug-likeness (QED) is 0.639. The van der Waals surface area contributed by atoms with Crippen LogP contribution in [0.25, 0.3) is 6.08 Å². The number of rotatable bonds is 5. The summed E-state index contributed by atoms with van der Waals surface area (Å²) < 4.78 is 13.0. The van der Waals surface area contributed by atoms with Gasteiger partial charge in [-0.1, -0.05) is 50.1 Å². The highest BCUT2D eigenvalue weighted by Crippen LogP contribution is 2.24. The molecule has 0 amide bonds. The first-order valence-electron chi connectivity index (χ1n) is 6.47. The van der Waals surface area contributed by atoms with E-state index >= 15 is 0 Å². The van der Waals surface area contributed by atoms with E-state index in [1.165, 1.54) is 0 Å². The van der Waals surface area contributed by atoms with Gasteiger partial charge in [-0.15, -0.1) is 0 Å². The van der Waals surface area contributed by atoms with Crippen molar-refractivity contribution in [3.63, 3.8) is 0 Å². The van der Waals surface area contributed by atoms with Crippen LogP contribution in [0.5, 0.6) is 11.5 Å². The van der Waals surface area contributed by atoms with Crippen LogP contribution < -0.4 is 9.47 Å². The van der Waals surface area contributed by atoms with Crippen LogP contribution in [-0.2, 0) is 0 Å². The third-order valence-electron chi connectivity index (χ3n) is 2.95. The highest BCUT2D eigenvalue weighted by Gasteiger charge is 2.02. The topological polar surface area (TPSA) is 18.5 Å². The van der Waals surface area contributed by atoms with E-state index in [4.69, 9.17) is 9.47 Å². The van der Waals surface area contributed by atoms with Gasteiger partial charge in [-0.3, -0.25) is 0 Å². The number of benzene rings is 2. The lowest BCUT2D eigenvalue weighted by molar-refractivity contribution is 0.358. The van der Waals surface area contributed by atoms with Gasteiger partial charge >= 0.3 is 0 Å². The van der Waals surface area contributed by atoms with Crippen molar-refractivity contribution in [1.29, 1.82) is 0 Å². The van der Waals surface area contributed by atoms with Crippen molar-refractivity contribution >= 4 is 37.9 Å². The molecule has 0 radical (unpaired) electrons. The number of hydrogen-bond acceptors (Lipinski definition) is 2. The zero-order valence-electron chi connectivity index (χ0n) is 11.9. The fourth-order valence-corrected chi connectivity index (χ4v) is 2.52. The van der Waals surface area contributed by atoms with E-state index in [0.29, 0.717) is 6.61 Å². The minimum atomic E-state index is 0.489. The molecule has 0 aliphatic heterocycles. The second-order valence-electron chi connectivity index (χ2n) is 4.56. The molecule has 0 spiro atoms. The van der Waals surface area contributed by atoms with E-state index in [1.54, 1.807) is 7.11 Å². The Morgan fingerprint density at radius 3 is 2.52 bits per heavy atom. The van der Waals surface area contributed by atoms with Gasteiger partial charge in [0.15, 0.2) is 0 Å². The van der Waals surface area contributed by atoms with Crippen molar-refractivity contribution in [1.82, 2.24) is 0 Å². The Balaban J connectivity index is 2.01. The van der Waals surface area contributed by atoms with Crippen molar-refractivity contribution < 1.29 is 9.47 Å². The molecule has 0 N–H and O–H groups in total. The van der Waals surface area contributed by atoms with Crippen molar-refractivity contribution in [3.8, 4) is 11.5 Å². The second kappa shape index (κ2) is 7.66. The molecule has 110 valence electrons. The summed E-state index contributed by atoms with van der Waals surface area (Å²) in [5.74, 6) is 1.73. The summed E-state index contributed by atoms with van der Waals surface area (Å²) in [7, 11) is 1.66. The van der Waals surface area contributed by atoms with Gasteiger partial charge in [0.1, 0.15) is 18.1 Å². The summed E-state index contributed by atoms with van der Waals surface area (Å²) in [5.41, 5.74) is 2.21. The summed E-state index contributed by atoms with van der Waals surface area (Å²) in [6.45, 7) is 2.52. The molecule has 0 bridgehead atoms. The average molecular weight is 412 g/mol. The minimum absolute atomic E-state index is 0.489. The molecule has 0 fully saturated rings. The standard InChI is InChI=1S/C17H16Br2O2/c1-12-3-6-14(18)10-17(12)21-11-15(19)9-13-4-7-16(20-2)8-5-13/h3-10H,11H2,1-2H3/b15-9-. The average Bonchev–Trinajstić information content (AvgIpc) is 2.49. The Morgan fingerprint density at radius 1 is 1.14 bits per heavy atom. The number of aryl methyl sites for hydroxylation is 1. The highest BCUT2D eigenvalue weighted by atomic mass is 79.9. The van der Waals surface area contributed by atoms with Gasteiger partial charge in [0.05, 0.1) is 7.11 Å². The van der Waals surface area contributed by atoms with Crippen LogP contribution in [0.4, 0.5) is 0 Å². The molecule has 0 atom stereocenters. The molecule has 2 aromatic rings. The van der Waals surface area contributed by atoms with Crippen LogP contribution in [0, 0.1) is 6.92 Å². The van der Waals surface area contributed by atoms with Gasteiger partial charge in [0, 0.05) is 8.96 Å². The van der Waals surface area contributed by atoms with Gasteiger partial charge in [-0.2, -0.15) is 0 Å². The van der Waals surface area contributed by atoms with Crippen LogP contribution in [-0.4, -0.2) is 13.7 Å². The smallest absolute Gasteiger partial charge is 0.123 e. The molecule has 0 aromatic heterocycles. The molecule has 4 heteroatoms. The van der Waals surface area contributed by atoms with Gasteiger partial charge in [-0.25, -0.2) is 0 Å². The molecule has 2 rings (SSSR count). The third-order valence-corrected chi connectivity index (χ3v) is 3.91. The van der Waals surface area contributed by atoms with E-state index < -0.39 is 0 Å². The van der Waals surface area contributed by atoms with Crippen molar-refractivity contribution in [2.75, 3.05) is 13.7 Å². The lowest BCUT2D eigenvalue weighted by atomic mass is 10.2. The summed E-state index contributed by atoms with van der Waals surface area (Å²) in [5, 5.41) is 0. The Morgan fingerprint density at radius 2 is 1.86 bits per heavy atom. The maximum absolute atomic E-state index is 5.83. The normalized spacial score (nSPS) is 11.3. The molecule has 0 aliphatic carbocycles. The van der Waals surface area contributed by atoms with Crippen molar-refractivity contribution in [2.24, 2.45) is 0 Å². The molecule has 0 heterocycles. The van der Waals surface area contributed by atoms with Gasteiger partial charge < -0.3 is 9.47 Å². The molecule has 21 heavy (non-hydrogen) atoms. The molecule has 0 aliphatic rings. The maximum Gasteiger partial charge on any atom is 0.123 e. The SMILES string of the molecule is COc1ccc(/C=C(\Br)COc2cc(Br)ccc2C)cc1. The highest BCUT2D eigenvalue weighted by molar-refractivity contribution is 9.11. The van der Waals surface area contributed by atoms with Crippen molar-refractivity contribution in [3.05, 3.63) is 62.5 Å². The molecule has 0 unspecified atom stereocenters. The predicted molar refractivity (Wildman–Crippen MR) is 94.3 cm³/mol. The molecular weight excluding hydrogens is 396 g/mol. The Bertz CT molecular complexity index is 634. The summed E-state index contributed by atoms with van der Waals surface area (Å²) in [6.07, 6.45) is 2.03. The molecular formula is C17H16Br2O2.